The first-order valence-corrected chi connectivity index (χ1v) is 17.8. The van der Waals surface area contributed by atoms with Gasteiger partial charge in [0.1, 0.15) is 0 Å². The van der Waals surface area contributed by atoms with E-state index < -0.39 is 0 Å². The Hall–Kier alpha value is -6.76. The van der Waals surface area contributed by atoms with E-state index in [9.17, 15) is 5.26 Å². The molecule has 0 aliphatic heterocycles. The zero-order valence-corrected chi connectivity index (χ0v) is 28.9. The predicted molar refractivity (Wildman–Crippen MR) is 215 cm³/mol. The van der Waals surface area contributed by atoms with Crippen LogP contribution in [-0.2, 0) is 5.41 Å². The Morgan fingerprint density at radius 3 is 2.08 bits per heavy atom. The van der Waals surface area contributed by atoms with Crippen molar-refractivity contribution in [2.75, 3.05) is 0 Å². The van der Waals surface area contributed by atoms with Crippen molar-refractivity contribution < 1.29 is 0 Å². The summed E-state index contributed by atoms with van der Waals surface area (Å²) in [6, 6.07) is 60.6. The maximum absolute atomic E-state index is 9.59. The molecule has 0 saturated heterocycles. The zero-order valence-electron chi connectivity index (χ0n) is 28.9. The first-order chi connectivity index (χ1) is 25.5. The molecule has 10 rings (SSSR count). The van der Waals surface area contributed by atoms with Crippen molar-refractivity contribution in [2.24, 2.45) is 0 Å². The maximum Gasteiger partial charge on any atom is 0.0991 e. The Morgan fingerprint density at radius 1 is 0.538 bits per heavy atom. The minimum atomic E-state index is -0.125. The molecule has 0 saturated carbocycles. The van der Waals surface area contributed by atoms with Crippen LogP contribution in [0.3, 0.4) is 0 Å². The molecule has 0 radical (unpaired) electrons. The molecule has 1 aliphatic carbocycles. The standard InChI is InChI=1S/C49H33N3/c1-49(2)42-17-9-6-16-40(42)47-43(49)25-24-39-38-15-8-11-19-46(38)52(48(39)47)36-27-34(32-22-20-31(30-50)21-23-32)26-35(28-36)45-29-41(33-12-4-3-5-13-33)37-14-7-10-18-44(37)51-45/h3-29H,1-2H3. The summed E-state index contributed by atoms with van der Waals surface area (Å²) in [6.07, 6.45) is 0. The molecule has 0 spiro atoms. The third kappa shape index (κ3) is 4.48. The smallest absolute Gasteiger partial charge is 0.0991 e. The largest absolute Gasteiger partial charge is 0.309 e. The molecule has 9 aromatic rings. The van der Waals surface area contributed by atoms with Gasteiger partial charge in [-0.1, -0.05) is 129 Å². The number of nitrogens with zero attached hydrogens (tertiary/aromatic N) is 3. The van der Waals surface area contributed by atoms with Crippen LogP contribution in [0.25, 0.3) is 83.0 Å². The molecule has 0 atom stereocenters. The lowest BCUT2D eigenvalue weighted by atomic mass is 9.82. The fourth-order valence-electron chi connectivity index (χ4n) is 8.48. The molecular weight excluding hydrogens is 631 g/mol. The van der Waals surface area contributed by atoms with Gasteiger partial charge >= 0.3 is 0 Å². The Balaban J connectivity index is 1.31. The average Bonchev–Trinajstić information content (AvgIpc) is 3.66. The van der Waals surface area contributed by atoms with Crippen LogP contribution in [-0.4, -0.2) is 9.55 Å². The lowest BCUT2D eigenvalue weighted by molar-refractivity contribution is 0.661. The number of aromatic nitrogens is 2. The average molecular weight is 664 g/mol. The van der Waals surface area contributed by atoms with E-state index in [4.69, 9.17) is 4.98 Å². The Labute approximate surface area is 302 Å². The van der Waals surface area contributed by atoms with Crippen molar-refractivity contribution in [1.29, 1.82) is 5.26 Å². The van der Waals surface area contributed by atoms with Gasteiger partial charge in [-0.15, -0.1) is 0 Å². The van der Waals surface area contributed by atoms with Gasteiger partial charge in [-0.05, 0) is 87.5 Å². The van der Waals surface area contributed by atoms with Crippen LogP contribution in [0.4, 0.5) is 0 Å². The molecule has 244 valence electrons. The van der Waals surface area contributed by atoms with Gasteiger partial charge in [0.05, 0.1) is 33.9 Å². The van der Waals surface area contributed by atoms with E-state index >= 15 is 0 Å². The third-order valence-electron chi connectivity index (χ3n) is 11.0. The highest BCUT2D eigenvalue weighted by Gasteiger charge is 2.37. The van der Waals surface area contributed by atoms with Crippen LogP contribution in [0.2, 0.25) is 0 Å². The minimum absolute atomic E-state index is 0.125. The minimum Gasteiger partial charge on any atom is -0.309 e. The summed E-state index contributed by atoms with van der Waals surface area (Å²) in [6.45, 7) is 4.69. The fraction of sp³-hybridized carbons (Fsp3) is 0.0612. The van der Waals surface area contributed by atoms with E-state index in [1.54, 1.807) is 0 Å². The van der Waals surface area contributed by atoms with Crippen LogP contribution in [0.5, 0.6) is 0 Å². The fourth-order valence-corrected chi connectivity index (χ4v) is 8.48. The molecule has 7 aromatic carbocycles. The Kier molecular flexibility index (Phi) is 6.59. The highest BCUT2D eigenvalue weighted by Crippen LogP contribution is 2.53. The molecule has 0 unspecified atom stereocenters. The van der Waals surface area contributed by atoms with Crippen molar-refractivity contribution >= 4 is 32.7 Å². The highest BCUT2D eigenvalue weighted by atomic mass is 15.0. The van der Waals surface area contributed by atoms with Gasteiger partial charge in [0.15, 0.2) is 0 Å². The molecule has 52 heavy (non-hydrogen) atoms. The molecule has 1 aliphatic rings. The third-order valence-corrected chi connectivity index (χ3v) is 11.0. The monoisotopic (exact) mass is 663 g/mol. The summed E-state index contributed by atoms with van der Waals surface area (Å²) < 4.78 is 2.47. The first kappa shape index (κ1) is 30.1. The van der Waals surface area contributed by atoms with E-state index in [2.05, 4.69) is 164 Å². The number of para-hydroxylation sites is 2. The molecule has 0 fully saturated rings. The second-order valence-corrected chi connectivity index (χ2v) is 14.3. The van der Waals surface area contributed by atoms with Crippen molar-refractivity contribution in [3.8, 4) is 56.4 Å². The molecule has 0 N–H and O–H groups in total. The molecule has 2 aromatic heterocycles. The lowest BCUT2D eigenvalue weighted by Gasteiger charge is -2.21. The molecular formula is C49H33N3. The summed E-state index contributed by atoms with van der Waals surface area (Å²) in [7, 11) is 0. The van der Waals surface area contributed by atoms with E-state index in [0.29, 0.717) is 5.56 Å². The summed E-state index contributed by atoms with van der Waals surface area (Å²) >= 11 is 0. The first-order valence-electron chi connectivity index (χ1n) is 17.8. The number of fused-ring (bicyclic) bond motifs is 8. The summed E-state index contributed by atoms with van der Waals surface area (Å²) in [5.74, 6) is 0. The highest BCUT2D eigenvalue weighted by molar-refractivity contribution is 6.15. The summed E-state index contributed by atoms with van der Waals surface area (Å²) in [5.41, 5.74) is 16.6. The van der Waals surface area contributed by atoms with E-state index in [1.165, 1.54) is 38.5 Å². The van der Waals surface area contributed by atoms with Crippen molar-refractivity contribution in [2.45, 2.75) is 19.3 Å². The zero-order chi connectivity index (χ0) is 35.0. The normalized spacial score (nSPS) is 12.9. The van der Waals surface area contributed by atoms with E-state index in [1.807, 2.05) is 24.3 Å². The van der Waals surface area contributed by atoms with Crippen LogP contribution < -0.4 is 0 Å². The van der Waals surface area contributed by atoms with Gasteiger partial charge in [0.2, 0.25) is 0 Å². The summed E-state index contributed by atoms with van der Waals surface area (Å²) in [4.78, 5) is 5.30. The second-order valence-electron chi connectivity index (χ2n) is 14.3. The Bertz CT molecular complexity index is 2920. The molecule has 2 heterocycles. The van der Waals surface area contributed by atoms with Crippen molar-refractivity contribution in [3.05, 3.63) is 180 Å². The van der Waals surface area contributed by atoms with Crippen LogP contribution in [0.1, 0.15) is 30.5 Å². The van der Waals surface area contributed by atoms with Crippen LogP contribution in [0, 0.1) is 11.3 Å². The topological polar surface area (TPSA) is 41.6 Å². The van der Waals surface area contributed by atoms with Crippen LogP contribution in [0.15, 0.2) is 164 Å². The second kappa shape index (κ2) is 11.4. The van der Waals surface area contributed by atoms with Crippen molar-refractivity contribution in [3.63, 3.8) is 0 Å². The molecule has 3 heteroatoms. The summed E-state index contributed by atoms with van der Waals surface area (Å²) in [5, 5.41) is 13.2. The lowest BCUT2D eigenvalue weighted by Crippen LogP contribution is -2.14. The van der Waals surface area contributed by atoms with Gasteiger partial charge in [0.25, 0.3) is 0 Å². The molecule has 0 bridgehead atoms. The van der Waals surface area contributed by atoms with E-state index in [0.717, 1.165) is 55.6 Å². The SMILES string of the molecule is CC1(C)c2ccccc2-c2c1ccc1c3ccccc3n(-c3cc(-c4ccc(C#N)cc4)cc(-c4cc(-c5ccccc5)c5ccccc5n4)c3)c21. The van der Waals surface area contributed by atoms with Gasteiger partial charge in [0, 0.05) is 38.4 Å². The van der Waals surface area contributed by atoms with Gasteiger partial charge < -0.3 is 4.57 Å². The van der Waals surface area contributed by atoms with Gasteiger partial charge in [-0.3, -0.25) is 0 Å². The number of hydrogen-bond acceptors (Lipinski definition) is 2. The quantitative estimate of drug-likeness (QED) is 0.188. The number of nitriles is 1. The number of benzene rings is 7. The number of pyridine rings is 1. The van der Waals surface area contributed by atoms with E-state index in [-0.39, 0.29) is 5.41 Å². The van der Waals surface area contributed by atoms with Crippen molar-refractivity contribution in [1.82, 2.24) is 9.55 Å². The van der Waals surface area contributed by atoms with Gasteiger partial charge in [-0.25, -0.2) is 4.98 Å². The molecule has 0 amide bonds. The maximum atomic E-state index is 9.59. The Morgan fingerprint density at radius 2 is 1.25 bits per heavy atom. The van der Waals surface area contributed by atoms with Gasteiger partial charge in [-0.2, -0.15) is 5.26 Å². The molecule has 3 nitrogen and oxygen atoms in total. The number of hydrogen-bond donors (Lipinski definition) is 0. The predicted octanol–water partition coefficient (Wildman–Crippen LogP) is 12.5. The number of rotatable bonds is 4. The van der Waals surface area contributed by atoms with Crippen LogP contribution >= 0.6 is 0 Å².